The molecule has 102 valence electrons. The van der Waals surface area contributed by atoms with Crippen molar-refractivity contribution in [2.45, 2.75) is 65.1 Å². The topological polar surface area (TPSA) is 52.6 Å². The van der Waals surface area contributed by atoms with E-state index in [1.54, 1.807) is 14.0 Å². The smallest absolute Gasteiger partial charge is 0.323 e. The molecule has 3 unspecified atom stereocenters. The highest BCUT2D eigenvalue weighted by molar-refractivity contribution is 5.78. The summed E-state index contributed by atoms with van der Waals surface area (Å²) in [5.41, 5.74) is -0.847. The second kappa shape index (κ2) is 6.97. The quantitative estimate of drug-likeness (QED) is 0.685. The molecule has 4 nitrogen and oxygen atoms in total. The van der Waals surface area contributed by atoms with Crippen LogP contribution in [-0.4, -0.2) is 47.2 Å². The highest BCUT2D eigenvalue weighted by atomic mass is 16.4. The number of carbonyl (C=O) groups is 1. The first-order valence-corrected chi connectivity index (χ1v) is 6.50. The van der Waals surface area contributed by atoms with E-state index in [1.165, 1.54) is 0 Å². The summed E-state index contributed by atoms with van der Waals surface area (Å²) in [4.78, 5) is 13.6. The summed E-state index contributed by atoms with van der Waals surface area (Å²) in [7, 11) is 1.71. The summed E-state index contributed by atoms with van der Waals surface area (Å²) in [6, 6.07) is 0.744. The van der Waals surface area contributed by atoms with Crippen LogP contribution in [0.25, 0.3) is 0 Å². The number of carboxylic acids is 1. The van der Waals surface area contributed by atoms with Crippen LogP contribution < -0.4 is 5.32 Å². The van der Waals surface area contributed by atoms with Crippen molar-refractivity contribution in [3.63, 3.8) is 0 Å². The zero-order valence-corrected chi connectivity index (χ0v) is 12.1. The number of nitrogens with one attached hydrogen (secondary N) is 1. The summed E-state index contributed by atoms with van der Waals surface area (Å²) in [6.45, 7) is 11.3. The van der Waals surface area contributed by atoms with Crippen molar-refractivity contribution >= 4 is 5.97 Å². The Morgan fingerprint density at radius 2 is 1.88 bits per heavy atom. The van der Waals surface area contributed by atoms with Crippen LogP contribution in [0.1, 0.15) is 47.5 Å². The fourth-order valence-electron chi connectivity index (χ4n) is 2.30. The average Bonchev–Trinajstić information content (AvgIpc) is 2.29. The van der Waals surface area contributed by atoms with Crippen molar-refractivity contribution < 1.29 is 9.90 Å². The van der Waals surface area contributed by atoms with E-state index < -0.39 is 11.5 Å². The molecule has 0 rings (SSSR count). The molecule has 0 radical (unpaired) electrons. The summed E-state index contributed by atoms with van der Waals surface area (Å²) < 4.78 is 0. The molecule has 0 heterocycles. The Balaban J connectivity index is 4.69. The third kappa shape index (κ3) is 4.28. The van der Waals surface area contributed by atoms with Crippen LogP contribution in [0, 0.1) is 0 Å². The summed E-state index contributed by atoms with van der Waals surface area (Å²) in [5, 5.41) is 12.2. The molecule has 2 N–H and O–H groups in total. The van der Waals surface area contributed by atoms with Gasteiger partial charge in [0.2, 0.25) is 0 Å². The van der Waals surface area contributed by atoms with E-state index in [1.807, 2.05) is 0 Å². The molecular weight excluding hydrogens is 216 g/mol. The molecular formula is C13H28N2O2. The van der Waals surface area contributed by atoms with Crippen molar-refractivity contribution in [2.75, 3.05) is 13.6 Å². The first-order chi connectivity index (χ1) is 7.82. The van der Waals surface area contributed by atoms with Crippen molar-refractivity contribution in [3.05, 3.63) is 0 Å². The maximum absolute atomic E-state index is 11.3. The largest absolute Gasteiger partial charge is 0.480 e. The van der Waals surface area contributed by atoms with Gasteiger partial charge in [-0.25, -0.2) is 0 Å². The van der Waals surface area contributed by atoms with Gasteiger partial charge in [-0.2, -0.15) is 0 Å². The Hall–Kier alpha value is -0.610. The third-order valence-corrected chi connectivity index (χ3v) is 3.82. The number of likely N-dealkylation sites (N-methyl/N-ethyl adjacent to an activating group) is 1. The van der Waals surface area contributed by atoms with Gasteiger partial charge in [-0.1, -0.05) is 13.8 Å². The summed E-state index contributed by atoms with van der Waals surface area (Å²) >= 11 is 0. The van der Waals surface area contributed by atoms with Gasteiger partial charge in [0, 0.05) is 12.1 Å². The summed E-state index contributed by atoms with van der Waals surface area (Å²) in [5.74, 6) is -0.785. The fourth-order valence-corrected chi connectivity index (χ4v) is 2.30. The van der Waals surface area contributed by atoms with Crippen LogP contribution in [0.3, 0.4) is 0 Å². The van der Waals surface area contributed by atoms with Gasteiger partial charge >= 0.3 is 5.97 Å². The SMILES string of the molecule is CCC(C)N(CC)C(C)CC(C)(NC)C(=O)O. The van der Waals surface area contributed by atoms with E-state index >= 15 is 0 Å². The van der Waals surface area contributed by atoms with Crippen molar-refractivity contribution in [3.8, 4) is 0 Å². The molecule has 4 heteroatoms. The number of rotatable bonds is 8. The van der Waals surface area contributed by atoms with Crippen LogP contribution in [0.5, 0.6) is 0 Å². The highest BCUT2D eigenvalue weighted by Gasteiger charge is 2.34. The molecule has 0 saturated heterocycles. The van der Waals surface area contributed by atoms with Crippen molar-refractivity contribution in [1.29, 1.82) is 0 Å². The lowest BCUT2D eigenvalue weighted by atomic mass is 9.92. The second-order valence-corrected chi connectivity index (χ2v) is 5.03. The first-order valence-electron chi connectivity index (χ1n) is 6.50. The molecule has 0 bridgehead atoms. The van der Waals surface area contributed by atoms with Gasteiger partial charge in [0.1, 0.15) is 5.54 Å². The molecule has 0 aromatic rings. The Morgan fingerprint density at radius 1 is 1.35 bits per heavy atom. The third-order valence-electron chi connectivity index (χ3n) is 3.82. The molecule has 0 aliphatic rings. The molecule has 0 amide bonds. The lowest BCUT2D eigenvalue weighted by Gasteiger charge is -2.37. The van der Waals surface area contributed by atoms with Crippen LogP contribution in [-0.2, 0) is 4.79 Å². The molecule has 0 saturated carbocycles. The molecule has 17 heavy (non-hydrogen) atoms. The predicted molar refractivity (Wildman–Crippen MR) is 71.3 cm³/mol. The van der Waals surface area contributed by atoms with Gasteiger partial charge in [-0.15, -0.1) is 0 Å². The number of nitrogens with zero attached hydrogens (tertiary/aromatic N) is 1. The van der Waals surface area contributed by atoms with Gasteiger partial charge in [0.25, 0.3) is 0 Å². The number of hydrogen-bond acceptors (Lipinski definition) is 3. The average molecular weight is 244 g/mol. The Bertz CT molecular complexity index is 246. The van der Waals surface area contributed by atoms with Crippen LogP contribution in [0.15, 0.2) is 0 Å². The fraction of sp³-hybridized carbons (Fsp3) is 0.923. The molecule has 3 atom stereocenters. The maximum Gasteiger partial charge on any atom is 0.323 e. The Kier molecular flexibility index (Phi) is 6.72. The second-order valence-electron chi connectivity index (χ2n) is 5.03. The zero-order chi connectivity index (χ0) is 13.6. The minimum absolute atomic E-state index is 0.253. The predicted octanol–water partition coefficient (Wildman–Crippen LogP) is 1.95. The number of hydrogen-bond donors (Lipinski definition) is 2. The van der Waals surface area contributed by atoms with Gasteiger partial charge in [-0.3, -0.25) is 9.69 Å². The van der Waals surface area contributed by atoms with Gasteiger partial charge in [0.05, 0.1) is 0 Å². The lowest BCUT2D eigenvalue weighted by Crippen LogP contribution is -2.53. The van der Waals surface area contributed by atoms with Crippen molar-refractivity contribution in [1.82, 2.24) is 10.2 Å². The standard InChI is InChI=1S/C13H28N2O2/c1-7-10(3)15(8-2)11(4)9-13(5,14-6)12(16)17/h10-11,14H,7-9H2,1-6H3,(H,16,17). The molecule has 0 aliphatic heterocycles. The van der Waals surface area contributed by atoms with E-state index in [0.29, 0.717) is 12.5 Å². The van der Waals surface area contributed by atoms with Crippen LogP contribution in [0.2, 0.25) is 0 Å². The first kappa shape index (κ1) is 16.4. The summed E-state index contributed by atoms with van der Waals surface area (Å²) in [6.07, 6.45) is 1.69. The van der Waals surface area contributed by atoms with E-state index in [0.717, 1.165) is 13.0 Å². The Morgan fingerprint density at radius 3 is 2.18 bits per heavy atom. The maximum atomic E-state index is 11.3. The monoisotopic (exact) mass is 244 g/mol. The molecule has 0 spiro atoms. The van der Waals surface area contributed by atoms with E-state index in [-0.39, 0.29) is 6.04 Å². The van der Waals surface area contributed by atoms with Gasteiger partial charge in [-0.05, 0) is 47.2 Å². The van der Waals surface area contributed by atoms with Gasteiger partial charge in [0.15, 0.2) is 0 Å². The van der Waals surface area contributed by atoms with E-state index in [9.17, 15) is 9.90 Å². The van der Waals surface area contributed by atoms with E-state index in [2.05, 4.69) is 37.9 Å². The van der Waals surface area contributed by atoms with E-state index in [4.69, 9.17) is 0 Å². The van der Waals surface area contributed by atoms with Crippen LogP contribution in [0.4, 0.5) is 0 Å². The lowest BCUT2D eigenvalue weighted by molar-refractivity contribution is -0.144. The highest BCUT2D eigenvalue weighted by Crippen LogP contribution is 2.19. The van der Waals surface area contributed by atoms with Gasteiger partial charge < -0.3 is 10.4 Å². The minimum atomic E-state index is -0.847. The number of aliphatic carboxylic acids is 1. The Labute approximate surface area is 105 Å². The normalized spacial score (nSPS) is 18.8. The van der Waals surface area contributed by atoms with Crippen LogP contribution >= 0.6 is 0 Å². The molecule has 0 aromatic heterocycles. The molecule has 0 aromatic carbocycles. The molecule has 0 aliphatic carbocycles. The van der Waals surface area contributed by atoms with Crippen molar-refractivity contribution in [2.24, 2.45) is 0 Å². The number of carboxylic acid groups (broad SMARTS) is 1. The molecule has 0 fully saturated rings. The minimum Gasteiger partial charge on any atom is -0.480 e. The zero-order valence-electron chi connectivity index (χ0n) is 12.1.